The number of rotatable bonds is 4. The van der Waals surface area contributed by atoms with Gasteiger partial charge in [-0.25, -0.2) is 4.99 Å². The van der Waals surface area contributed by atoms with Gasteiger partial charge in [-0.05, 0) is 44.9 Å². The van der Waals surface area contributed by atoms with E-state index in [9.17, 15) is 4.79 Å². The topological polar surface area (TPSA) is 54.6 Å². The second-order valence-corrected chi connectivity index (χ2v) is 6.34. The standard InChI is InChI=1S/C16H20N2O2S/c1-5-18-9-11(3)21-16(18)17-14-8-13(7-6-10(14)2)12(4)15(19)20/h6-9,12H,5H2,1-4H3,(H,19,20). The Morgan fingerprint density at radius 1 is 1.43 bits per heavy atom. The largest absolute Gasteiger partial charge is 0.481 e. The van der Waals surface area contributed by atoms with Crippen LogP contribution in [0.3, 0.4) is 0 Å². The maximum Gasteiger partial charge on any atom is 0.310 e. The monoisotopic (exact) mass is 304 g/mol. The molecule has 0 radical (unpaired) electrons. The van der Waals surface area contributed by atoms with Crippen LogP contribution in [0.5, 0.6) is 0 Å². The first-order valence-electron chi connectivity index (χ1n) is 6.97. The Hall–Kier alpha value is -1.88. The molecule has 2 aromatic rings. The average Bonchev–Trinajstić information content (AvgIpc) is 2.80. The van der Waals surface area contributed by atoms with Gasteiger partial charge in [0.05, 0.1) is 11.6 Å². The summed E-state index contributed by atoms with van der Waals surface area (Å²) >= 11 is 1.64. The second kappa shape index (κ2) is 6.26. The molecule has 1 aromatic carbocycles. The highest BCUT2D eigenvalue weighted by Gasteiger charge is 2.14. The number of aryl methyl sites for hydroxylation is 3. The molecule has 0 aliphatic carbocycles. The van der Waals surface area contributed by atoms with E-state index in [0.29, 0.717) is 0 Å². The van der Waals surface area contributed by atoms with Crippen molar-refractivity contribution in [2.45, 2.75) is 40.2 Å². The predicted molar refractivity (Wildman–Crippen MR) is 85.2 cm³/mol. The van der Waals surface area contributed by atoms with Crippen molar-refractivity contribution in [2.24, 2.45) is 4.99 Å². The van der Waals surface area contributed by atoms with Crippen LogP contribution in [0.25, 0.3) is 0 Å². The minimum absolute atomic E-state index is 0.525. The van der Waals surface area contributed by atoms with Gasteiger partial charge in [0.1, 0.15) is 0 Å². The quantitative estimate of drug-likeness (QED) is 0.938. The van der Waals surface area contributed by atoms with Crippen molar-refractivity contribution in [2.75, 3.05) is 0 Å². The molecule has 0 bridgehead atoms. The summed E-state index contributed by atoms with van der Waals surface area (Å²) in [6.45, 7) is 8.70. The third kappa shape index (κ3) is 3.42. The zero-order valence-corrected chi connectivity index (χ0v) is 13.6. The molecule has 21 heavy (non-hydrogen) atoms. The van der Waals surface area contributed by atoms with E-state index < -0.39 is 11.9 Å². The third-order valence-corrected chi connectivity index (χ3v) is 4.43. The molecule has 0 fully saturated rings. The Balaban J connectivity index is 2.53. The number of nitrogens with zero attached hydrogens (tertiary/aromatic N) is 2. The lowest BCUT2D eigenvalue weighted by molar-refractivity contribution is -0.138. The highest BCUT2D eigenvalue weighted by Crippen LogP contribution is 2.25. The Morgan fingerprint density at radius 3 is 2.76 bits per heavy atom. The first-order chi connectivity index (χ1) is 9.92. The smallest absolute Gasteiger partial charge is 0.310 e. The van der Waals surface area contributed by atoms with Crippen molar-refractivity contribution in [1.82, 2.24) is 4.57 Å². The molecule has 1 heterocycles. The van der Waals surface area contributed by atoms with Gasteiger partial charge in [0.15, 0.2) is 4.80 Å². The van der Waals surface area contributed by atoms with E-state index in [2.05, 4.69) is 24.6 Å². The van der Waals surface area contributed by atoms with E-state index in [0.717, 1.165) is 28.2 Å². The molecule has 1 N–H and O–H groups in total. The summed E-state index contributed by atoms with van der Waals surface area (Å²) < 4.78 is 2.10. The van der Waals surface area contributed by atoms with Crippen LogP contribution in [0.15, 0.2) is 29.4 Å². The molecular weight excluding hydrogens is 284 g/mol. The fraction of sp³-hybridized carbons (Fsp3) is 0.375. The van der Waals surface area contributed by atoms with Gasteiger partial charge in [-0.15, -0.1) is 11.3 Å². The van der Waals surface area contributed by atoms with E-state index in [1.807, 2.05) is 25.1 Å². The normalized spacial score (nSPS) is 13.4. The summed E-state index contributed by atoms with van der Waals surface area (Å²) in [5.74, 6) is -1.34. The number of aromatic nitrogens is 1. The second-order valence-electron chi connectivity index (χ2n) is 5.13. The minimum Gasteiger partial charge on any atom is -0.481 e. The van der Waals surface area contributed by atoms with Crippen LogP contribution >= 0.6 is 11.3 Å². The maximum atomic E-state index is 11.1. The Kier molecular flexibility index (Phi) is 4.63. The van der Waals surface area contributed by atoms with Gasteiger partial charge < -0.3 is 9.67 Å². The molecule has 112 valence electrons. The molecule has 0 spiro atoms. The van der Waals surface area contributed by atoms with E-state index in [-0.39, 0.29) is 0 Å². The van der Waals surface area contributed by atoms with Crippen LogP contribution in [0, 0.1) is 13.8 Å². The number of hydrogen-bond acceptors (Lipinski definition) is 3. The highest BCUT2D eigenvalue weighted by molar-refractivity contribution is 7.09. The Bertz CT molecular complexity index is 728. The lowest BCUT2D eigenvalue weighted by Crippen LogP contribution is -2.12. The Morgan fingerprint density at radius 2 is 2.14 bits per heavy atom. The van der Waals surface area contributed by atoms with Crippen LogP contribution in [0.2, 0.25) is 0 Å². The number of benzene rings is 1. The zero-order chi connectivity index (χ0) is 15.6. The predicted octanol–water partition coefficient (Wildman–Crippen LogP) is 3.61. The summed E-state index contributed by atoms with van der Waals surface area (Å²) in [6, 6.07) is 5.67. The molecular formula is C16H20N2O2S. The number of aliphatic carboxylic acids is 1. The minimum atomic E-state index is -0.819. The van der Waals surface area contributed by atoms with Gasteiger partial charge in [-0.1, -0.05) is 12.1 Å². The van der Waals surface area contributed by atoms with Gasteiger partial charge in [0.2, 0.25) is 0 Å². The van der Waals surface area contributed by atoms with Crippen molar-refractivity contribution >= 4 is 23.0 Å². The van der Waals surface area contributed by atoms with Gasteiger partial charge in [0, 0.05) is 17.6 Å². The number of carboxylic acids is 1. The van der Waals surface area contributed by atoms with Crippen LogP contribution in [-0.4, -0.2) is 15.6 Å². The molecule has 0 saturated carbocycles. The number of hydrogen-bond donors (Lipinski definition) is 1. The number of thiazole rings is 1. The third-order valence-electron chi connectivity index (χ3n) is 3.50. The van der Waals surface area contributed by atoms with E-state index >= 15 is 0 Å². The van der Waals surface area contributed by atoms with Gasteiger partial charge in [0.25, 0.3) is 0 Å². The van der Waals surface area contributed by atoms with Gasteiger partial charge >= 0.3 is 5.97 Å². The molecule has 5 heteroatoms. The molecule has 0 aliphatic rings. The van der Waals surface area contributed by atoms with Gasteiger partial charge in [-0.2, -0.15) is 0 Å². The summed E-state index contributed by atoms with van der Waals surface area (Å²) in [5.41, 5.74) is 2.66. The molecule has 4 nitrogen and oxygen atoms in total. The van der Waals surface area contributed by atoms with E-state index in [1.54, 1.807) is 18.3 Å². The molecule has 1 atom stereocenters. The molecule has 0 saturated heterocycles. The van der Waals surface area contributed by atoms with Crippen molar-refractivity contribution < 1.29 is 9.90 Å². The van der Waals surface area contributed by atoms with E-state index in [1.165, 1.54) is 4.88 Å². The fourth-order valence-corrected chi connectivity index (χ4v) is 2.99. The van der Waals surface area contributed by atoms with E-state index in [4.69, 9.17) is 10.1 Å². The van der Waals surface area contributed by atoms with Gasteiger partial charge in [-0.3, -0.25) is 4.79 Å². The summed E-state index contributed by atoms with van der Waals surface area (Å²) in [4.78, 5) is 18.0. The summed E-state index contributed by atoms with van der Waals surface area (Å²) in [5, 5.41) is 9.14. The van der Waals surface area contributed by atoms with Crippen molar-refractivity contribution in [1.29, 1.82) is 0 Å². The fourth-order valence-electron chi connectivity index (χ4n) is 2.08. The van der Waals surface area contributed by atoms with Crippen LogP contribution < -0.4 is 4.80 Å². The number of carbonyl (C=O) groups is 1. The highest BCUT2D eigenvalue weighted by atomic mass is 32.1. The molecule has 1 unspecified atom stereocenters. The molecule has 0 amide bonds. The van der Waals surface area contributed by atoms with Crippen LogP contribution in [0.4, 0.5) is 5.69 Å². The molecule has 1 aromatic heterocycles. The zero-order valence-electron chi connectivity index (χ0n) is 12.8. The van der Waals surface area contributed by atoms with Crippen LogP contribution in [-0.2, 0) is 11.3 Å². The SMILES string of the molecule is CCn1cc(C)sc1=Nc1cc(C(C)C(=O)O)ccc1C. The number of carboxylic acid groups (broad SMARTS) is 1. The first-order valence-corrected chi connectivity index (χ1v) is 7.79. The lowest BCUT2D eigenvalue weighted by atomic mass is 9.99. The average molecular weight is 304 g/mol. The van der Waals surface area contributed by atoms with Crippen molar-refractivity contribution in [3.8, 4) is 0 Å². The lowest BCUT2D eigenvalue weighted by Gasteiger charge is -2.09. The summed E-state index contributed by atoms with van der Waals surface area (Å²) in [7, 11) is 0. The van der Waals surface area contributed by atoms with Crippen molar-refractivity contribution in [3.63, 3.8) is 0 Å². The Labute approximate surface area is 128 Å². The van der Waals surface area contributed by atoms with Crippen LogP contribution in [0.1, 0.15) is 35.8 Å². The summed E-state index contributed by atoms with van der Waals surface area (Å²) in [6.07, 6.45) is 2.09. The molecule has 0 aliphatic heterocycles. The first kappa shape index (κ1) is 15.5. The molecule has 2 rings (SSSR count). The van der Waals surface area contributed by atoms with Crippen molar-refractivity contribution in [3.05, 3.63) is 45.2 Å². The maximum absolute atomic E-state index is 11.1.